The number of hydrogen-bond donors (Lipinski definition) is 1. The van der Waals surface area contributed by atoms with Crippen LogP contribution < -0.4 is 0 Å². The van der Waals surface area contributed by atoms with E-state index in [1.54, 1.807) is 18.5 Å². The van der Waals surface area contributed by atoms with E-state index in [2.05, 4.69) is 23.9 Å². The number of para-hydroxylation sites is 1. The zero-order chi connectivity index (χ0) is 19.1. The Hall–Kier alpha value is -2.70. The van der Waals surface area contributed by atoms with Gasteiger partial charge >= 0.3 is 5.97 Å². The van der Waals surface area contributed by atoms with E-state index in [9.17, 15) is 14.7 Å². The topological polar surface area (TPSA) is 88.3 Å². The summed E-state index contributed by atoms with van der Waals surface area (Å²) in [5.41, 5.74) is 0.789. The standard InChI is InChI=1S/C19H24N4O3/c1-12(2)14-8-5-6-9-15(14)23-13(3)20-16(21-23)17(24)22-11-7-10-19(22,4)18(25)26/h5-6,8-9,12H,7,10-11H2,1-4H3,(H,25,26). The number of carbonyl (C=O) groups is 2. The number of amides is 1. The van der Waals surface area contributed by atoms with Gasteiger partial charge in [0, 0.05) is 6.54 Å². The fourth-order valence-corrected chi connectivity index (χ4v) is 3.51. The van der Waals surface area contributed by atoms with Crippen LogP contribution >= 0.6 is 0 Å². The molecule has 1 amide bonds. The van der Waals surface area contributed by atoms with Crippen LogP contribution in [-0.4, -0.2) is 48.7 Å². The van der Waals surface area contributed by atoms with E-state index in [1.165, 1.54) is 4.90 Å². The van der Waals surface area contributed by atoms with Gasteiger partial charge in [0.05, 0.1) is 5.69 Å². The largest absolute Gasteiger partial charge is 0.480 e. The minimum absolute atomic E-state index is 0.0374. The van der Waals surface area contributed by atoms with Gasteiger partial charge in [0.1, 0.15) is 11.4 Å². The number of aryl methyl sites for hydroxylation is 1. The van der Waals surface area contributed by atoms with Gasteiger partial charge in [0.25, 0.3) is 5.91 Å². The van der Waals surface area contributed by atoms with E-state index in [1.807, 2.05) is 24.3 Å². The van der Waals surface area contributed by atoms with Gasteiger partial charge in [0.2, 0.25) is 5.82 Å². The molecule has 1 fully saturated rings. The third-order valence-electron chi connectivity index (χ3n) is 5.09. The molecule has 1 unspecified atom stereocenters. The van der Waals surface area contributed by atoms with Crippen molar-refractivity contribution in [1.29, 1.82) is 0 Å². The van der Waals surface area contributed by atoms with E-state index >= 15 is 0 Å². The Morgan fingerprint density at radius 1 is 1.27 bits per heavy atom. The summed E-state index contributed by atoms with van der Waals surface area (Å²) in [7, 11) is 0. The van der Waals surface area contributed by atoms with Gasteiger partial charge in [-0.1, -0.05) is 32.0 Å². The molecule has 138 valence electrons. The lowest BCUT2D eigenvalue weighted by Crippen LogP contribution is -2.51. The molecule has 1 aromatic heterocycles. The molecule has 3 rings (SSSR count). The molecule has 7 nitrogen and oxygen atoms in total. The molecule has 1 aliphatic heterocycles. The van der Waals surface area contributed by atoms with Crippen LogP contribution in [-0.2, 0) is 4.79 Å². The summed E-state index contributed by atoms with van der Waals surface area (Å²) in [6.45, 7) is 7.97. The lowest BCUT2D eigenvalue weighted by Gasteiger charge is -2.30. The number of aliphatic carboxylic acids is 1. The molecule has 0 radical (unpaired) electrons. The molecule has 7 heteroatoms. The molecule has 0 aliphatic carbocycles. The first-order valence-corrected chi connectivity index (χ1v) is 8.84. The quantitative estimate of drug-likeness (QED) is 0.910. The Balaban J connectivity index is 1.99. The molecule has 1 N–H and O–H groups in total. The fourth-order valence-electron chi connectivity index (χ4n) is 3.51. The third kappa shape index (κ3) is 2.87. The summed E-state index contributed by atoms with van der Waals surface area (Å²) in [6, 6.07) is 7.87. The van der Waals surface area contributed by atoms with E-state index in [0.717, 1.165) is 11.3 Å². The summed E-state index contributed by atoms with van der Waals surface area (Å²) < 4.78 is 1.66. The molecule has 1 aliphatic rings. The molecule has 1 atom stereocenters. The van der Waals surface area contributed by atoms with Crippen LogP contribution in [0.4, 0.5) is 0 Å². The Morgan fingerprint density at radius 3 is 2.62 bits per heavy atom. The predicted octanol–water partition coefficient (Wildman–Crippen LogP) is 2.78. The maximum Gasteiger partial charge on any atom is 0.329 e. The van der Waals surface area contributed by atoms with Gasteiger partial charge in [-0.15, -0.1) is 5.10 Å². The minimum Gasteiger partial charge on any atom is -0.480 e. The summed E-state index contributed by atoms with van der Waals surface area (Å²) >= 11 is 0. The van der Waals surface area contributed by atoms with Crippen molar-refractivity contribution in [3.05, 3.63) is 41.5 Å². The van der Waals surface area contributed by atoms with Crippen LogP contribution in [0.5, 0.6) is 0 Å². The fraction of sp³-hybridized carbons (Fsp3) is 0.474. The number of carboxylic acid groups (broad SMARTS) is 1. The van der Waals surface area contributed by atoms with Gasteiger partial charge in [-0.25, -0.2) is 14.5 Å². The highest BCUT2D eigenvalue weighted by atomic mass is 16.4. The number of nitrogens with zero attached hydrogens (tertiary/aromatic N) is 4. The van der Waals surface area contributed by atoms with Crippen LogP contribution in [0.3, 0.4) is 0 Å². The zero-order valence-electron chi connectivity index (χ0n) is 15.6. The Bertz CT molecular complexity index is 858. The molecule has 0 bridgehead atoms. The highest BCUT2D eigenvalue weighted by molar-refractivity contribution is 5.95. The maximum atomic E-state index is 12.9. The first-order valence-electron chi connectivity index (χ1n) is 8.84. The number of benzene rings is 1. The molecule has 0 spiro atoms. The van der Waals surface area contributed by atoms with Crippen molar-refractivity contribution in [3.63, 3.8) is 0 Å². The number of rotatable bonds is 4. The summed E-state index contributed by atoms with van der Waals surface area (Å²) in [4.78, 5) is 30.3. The smallest absolute Gasteiger partial charge is 0.329 e. The Kier molecular flexibility index (Phi) is 4.56. The maximum absolute atomic E-state index is 12.9. The van der Waals surface area contributed by atoms with Gasteiger partial charge in [-0.3, -0.25) is 4.79 Å². The summed E-state index contributed by atoms with van der Waals surface area (Å²) in [6.07, 6.45) is 1.09. The minimum atomic E-state index is -1.20. The molecule has 0 saturated carbocycles. The molecular weight excluding hydrogens is 332 g/mol. The van der Waals surface area contributed by atoms with Crippen molar-refractivity contribution in [2.45, 2.75) is 52.0 Å². The van der Waals surface area contributed by atoms with E-state index in [4.69, 9.17) is 0 Å². The predicted molar refractivity (Wildman–Crippen MR) is 96.5 cm³/mol. The first-order chi connectivity index (χ1) is 12.3. The molecule has 1 aromatic carbocycles. The highest BCUT2D eigenvalue weighted by Crippen LogP contribution is 2.30. The number of carbonyl (C=O) groups excluding carboxylic acids is 1. The van der Waals surface area contributed by atoms with Crippen molar-refractivity contribution in [1.82, 2.24) is 19.7 Å². The Morgan fingerprint density at radius 2 is 1.96 bits per heavy atom. The second-order valence-corrected chi connectivity index (χ2v) is 7.25. The second kappa shape index (κ2) is 6.55. The van der Waals surface area contributed by atoms with Gasteiger partial charge in [0.15, 0.2) is 0 Å². The van der Waals surface area contributed by atoms with Gasteiger partial charge in [-0.2, -0.15) is 0 Å². The van der Waals surface area contributed by atoms with Crippen molar-refractivity contribution in [2.75, 3.05) is 6.54 Å². The normalized spacial score (nSPS) is 20.0. The molecule has 2 aromatic rings. The first kappa shape index (κ1) is 18.1. The van der Waals surface area contributed by atoms with Crippen LogP contribution in [0.15, 0.2) is 24.3 Å². The molecule has 26 heavy (non-hydrogen) atoms. The molecule has 2 heterocycles. The van der Waals surface area contributed by atoms with Crippen LogP contribution in [0.2, 0.25) is 0 Å². The number of likely N-dealkylation sites (tertiary alicyclic amines) is 1. The zero-order valence-corrected chi connectivity index (χ0v) is 15.6. The number of aromatic nitrogens is 3. The average molecular weight is 356 g/mol. The lowest BCUT2D eigenvalue weighted by molar-refractivity contribution is -0.147. The SMILES string of the molecule is Cc1nc(C(=O)N2CCCC2(C)C(=O)O)nn1-c1ccccc1C(C)C. The summed E-state index contributed by atoms with van der Waals surface area (Å²) in [5, 5.41) is 13.9. The van der Waals surface area contributed by atoms with Gasteiger partial charge in [-0.05, 0) is 44.2 Å². The van der Waals surface area contributed by atoms with Crippen molar-refractivity contribution < 1.29 is 14.7 Å². The van der Waals surface area contributed by atoms with Crippen molar-refractivity contribution in [2.24, 2.45) is 0 Å². The van der Waals surface area contributed by atoms with E-state index in [0.29, 0.717) is 31.1 Å². The van der Waals surface area contributed by atoms with Gasteiger partial charge < -0.3 is 10.0 Å². The highest BCUT2D eigenvalue weighted by Gasteiger charge is 2.47. The van der Waals surface area contributed by atoms with E-state index in [-0.39, 0.29) is 5.82 Å². The number of hydrogen-bond acceptors (Lipinski definition) is 4. The summed E-state index contributed by atoms with van der Waals surface area (Å²) in [5.74, 6) is -0.503. The number of carboxylic acids is 1. The van der Waals surface area contributed by atoms with Crippen molar-refractivity contribution in [3.8, 4) is 5.69 Å². The lowest BCUT2D eigenvalue weighted by atomic mass is 9.99. The molecule has 1 saturated heterocycles. The van der Waals surface area contributed by atoms with Crippen LogP contribution in [0.25, 0.3) is 5.69 Å². The second-order valence-electron chi connectivity index (χ2n) is 7.25. The van der Waals surface area contributed by atoms with E-state index < -0.39 is 17.4 Å². The van der Waals surface area contributed by atoms with Crippen LogP contribution in [0, 0.1) is 6.92 Å². The third-order valence-corrected chi connectivity index (χ3v) is 5.09. The monoisotopic (exact) mass is 356 g/mol. The van der Waals surface area contributed by atoms with Crippen LogP contribution in [0.1, 0.15) is 61.5 Å². The molecular formula is C19H24N4O3. The Labute approximate surface area is 152 Å². The van der Waals surface area contributed by atoms with Crippen molar-refractivity contribution >= 4 is 11.9 Å². The average Bonchev–Trinajstić information content (AvgIpc) is 3.18.